The number of benzene rings is 2. The Bertz CT molecular complexity index is 1120. The smallest absolute Gasteiger partial charge is 0.383 e. The van der Waals surface area contributed by atoms with Gasteiger partial charge in [0, 0.05) is 23.4 Å². The van der Waals surface area contributed by atoms with Gasteiger partial charge in [-0.2, -0.15) is 18.2 Å². The molecule has 0 spiro atoms. The molecule has 8 heteroatoms. The molecule has 148 valence electrons. The molecular formula is C21H16F3N3O2. The molecule has 1 amide bonds. The zero-order valence-corrected chi connectivity index (χ0v) is 15.1. The van der Waals surface area contributed by atoms with E-state index in [-0.39, 0.29) is 17.9 Å². The van der Waals surface area contributed by atoms with Crippen LogP contribution in [0, 0.1) is 0 Å². The fourth-order valence-corrected chi connectivity index (χ4v) is 2.67. The summed E-state index contributed by atoms with van der Waals surface area (Å²) >= 11 is 0. The van der Waals surface area contributed by atoms with E-state index in [0.29, 0.717) is 11.1 Å². The summed E-state index contributed by atoms with van der Waals surface area (Å²) in [4.78, 5) is 28.2. The molecule has 0 radical (unpaired) electrons. The van der Waals surface area contributed by atoms with Crippen molar-refractivity contribution in [3.8, 4) is 0 Å². The van der Waals surface area contributed by atoms with Gasteiger partial charge in [0.05, 0.1) is 12.1 Å². The van der Waals surface area contributed by atoms with Gasteiger partial charge in [0.25, 0.3) is 11.5 Å². The molecule has 0 aliphatic carbocycles. The maximum absolute atomic E-state index is 12.9. The van der Waals surface area contributed by atoms with Gasteiger partial charge < -0.3 is 10.3 Å². The monoisotopic (exact) mass is 399 g/mol. The second kappa shape index (κ2) is 8.14. The Labute approximate surface area is 163 Å². The predicted molar refractivity (Wildman–Crippen MR) is 103 cm³/mol. The molecule has 0 bridgehead atoms. The number of hydrogen-bond acceptors (Lipinski definition) is 2. The molecule has 1 aromatic heterocycles. The van der Waals surface area contributed by atoms with E-state index < -0.39 is 23.2 Å². The van der Waals surface area contributed by atoms with Crippen LogP contribution in [0.25, 0.3) is 0 Å². The molecule has 0 unspecified atom stereocenters. The lowest BCUT2D eigenvalue weighted by atomic mass is 10.1. The molecule has 0 atom stereocenters. The molecule has 0 saturated heterocycles. The quantitative estimate of drug-likeness (QED) is 0.539. The minimum Gasteiger partial charge on any atom is -0.383 e. The van der Waals surface area contributed by atoms with Crippen LogP contribution in [0.3, 0.4) is 0 Å². The SMILES string of the molecule is NC(=NC(=O)c1cccc(Cn2cc(C(F)(F)F)ccc2=O)c1)c1ccccc1. The summed E-state index contributed by atoms with van der Waals surface area (Å²) in [7, 11) is 0. The molecule has 1 heterocycles. The maximum Gasteiger partial charge on any atom is 0.417 e. The molecule has 5 nitrogen and oxygen atoms in total. The van der Waals surface area contributed by atoms with E-state index >= 15 is 0 Å². The first kappa shape index (κ1) is 20.1. The average Bonchev–Trinajstić information content (AvgIpc) is 2.69. The Hall–Kier alpha value is -3.68. The summed E-state index contributed by atoms with van der Waals surface area (Å²) < 4.78 is 39.6. The fourth-order valence-electron chi connectivity index (χ4n) is 2.67. The predicted octanol–water partition coefficient (Wildman–Crippen LogP) is 3.46. The van der Waals surface area contributed by atoms with Crippen LogP contribution >= 0.6 is 0 Å². The van der Waals surface area contributed by atoms with Gasteiger partial charge in [-0.15, -0.1) is 0 Å². The van der Waals surface area contributed by atoms with Gasteiger partial charge >= 0.3 is 6.18 Å². The Morgan fingerprint density at radius 1 is 0.966 bits per heavy atom. The highest BCUT2D eigenvalue weighted by Crippen LogP contribution is 2.28. The second-order valence-electron chi connectivity index (χ2n) is 6.25. The van der Waals surface area contributed by atoms with Crippen LogP contribution in [0.5, 0.6) is 0 Å². The maximum atomic E-state index is 12.9. The highest BCUT2D eigenvalue weighted by Gasteiger charge is 2.31. The van der Waals surface area contributed by atoms with Crippen LogP contribution in [0.1, 0.15) is 27.0 Å². The number of aromatic nitrogens is 1. The van der Waals surface area contributed by atoms with Gasteiger partial charge in [-0.05, 0) is 23.8 Å². The van der Waals surface area contributed by atoms with Gasteiger partial charge in [0.2, 0.25) is 0 Å². The number of halogens is 3. The lowest BCUT2D eigenvalue weighted by Gasteiger charge is -2.11. The van der Waals surface area contributed by atoms with E-state index in [0.717, 1.165) is 22.9 Å². The molecule has 0 fully saturated rings. The molecule has 29 heavy (non-hydrogen) atoms. The zero-order chi connectivity index (χ0) is 21.0. The third kappa shape index (κ3) is 4.98. The Balaban J connectivity index is 1.85. The summed E-state index contributed by atoms with van der Waals surface area (Å²) in [5.74, 6) is -0.542. The number of amides is 1. The highest BCUT2D eigenvalue weighted by atomic mass is 19.4. The molecular weight excluding hydrogens is 383 g/mol. The Morgan fingerprint density at radius 2 is 1.66 bits per heavy atom. The third-order valence-corrected chi connectivity index (χ3v) is 4.13. The lowest BCUT2D eigenvalue weighted by Crippen LogP contribution is -2.22. The number of nitrogens with two attached hydrogens (primary N) is 1. The van der Waals surface area contributed by atoms with Crippen molar-refractivity contribution in [1.29, 1.82) is 0 Å². The van der Waals surface area contributed by atoms with Crippen molar-refractivity contribution < 1.29 is 18.0 Å². The molecule has 0 saturated carbocycles. The number of alkyl halides is 3. The molecule has 3 rings (SSSR count). The largest absolute Gasteiger partial charge is 0.417 e. The lowest BCUT2D eigenvalue weighted by molar-refractivity contribution is -0.138. The van der Waals surface area contributed by atoms with Crippen molar-refractivity contribution >= 4 is 11.7 Å². The second-order valence-corrected chi connectivity index (χ2v) is 6.25. The number of hydrogen-bond donors (Lipinski definition) is 1. The van der Waals surface area contributed by atoms with Crippen molar-refractivity contribution in [2.45, 2.75) is 12.7 Å². The van der Waals surface area contributed by atoms with Gasteiger partial charge in [-0.1, -0.05) is 42.5 Å². The Morgan fingerprint density at radius 3 is 2.34 bits per heavy atom. The van der Waals surface area contributed by atoms with Crippen LogP contribution in [0.2, 0.25) is 0 Å². The van der Waals surface area contributed by atoms with E-state index in [2.05, 4.69) is 4.99 Å². The van der Waals surface area contributed by atoms with Crippen molar-refractivity contribution in [1.82, 2.24) is 4.57 Å². The average molecular weight is 399 g/mol. The van der Waals surface area contributed by atoms with Crippen LogP contribution in [-0.2, 0) is 12.7 Å². The number of carbonyl (C=O) groups is 1. The summed E-state index contributed by atoms with van der Waals surface area (Å²) in [5.41, 5.74) is 5.62. The minimum absolute atomic E-state index is 0.0510. The van der Waals surface area contributed by atoms with Crippen LogP contribution in [-0.4, -0.2) is 16.3 Å². The molecule has 3 aromatic rings. The Kier molecular flexibility index (Phi) is 5.63. The van der Waals surface area contributed by atoms with Gasteiger partial charge in [-0.25, -0.2) is 0 Å². The van der Waals surface area contributed by atoms with E-state index in [4.69, 9.17) is 5.73 Å². The van der Waals surface area contributed by atoms with Gasteiger partial charge in [0.15, 0.2) is 0 Å². The summed E-state index contributed by atoms with van der Waals surface area (Å²) in [6.07, 6.45) is -3.81. The van der Waals surface area contributed by atoms with Crippen molar-refractivity contribution in [2.75, 3.05) is 0 Å². The van der Waals surface area contributed by atoms with E-state index in [9.17, 15) is 22.8 Å². The summed E-state index contributed by atoms with van der Waals surface area (Å²) in [6.45, 7) is -0.123. The number of pyridine rings is 1. The first-order valence-corrected chi connectivity index (χ1v) is 8.54. The van der Waals surface area contributed by atoms with Crippen molar-refractivity contribution in [2.24, 2.45) is 10.7 Å². The molecule has 2 aromatic carbocycles. The highest BCUT2D eigenvalue weighted by molar-refractivity contribution is 6.08. The number of carbonyl (C=O) groups excluding carboxylic acids is 1. The standard InChI is InChI=1S/C21H16F3N3O2/c22-21(23,24)17-9-10-18(28)27(13-17)12-14-5-4-8-16(11-14)20(29)26-19(25)15-6-2-1-3-7-15/h1-11,13H,12H2,(H2,25,26,29). The summed E-state index contributed by atoms with van der Waals surface area (Å²) in [5, 5.41) is 0. The van der Waals surface area contributed by atoms with E-state index in [1.165, 1.54) is 12.1 Å². The molecule has 0 aliphatic rings. The van der Waals surface area contributed by atoms with Crippen LogP contribution in [0.15, 0.2) is 82.7 Å². The zero-order valence-electron chi connectivity index (χ0n) is 15.1. The first-order chi connectivity index (χ1) is 13.7. The third-order valence-electron chi connectivity index (χ3n) is 4.13. The summed E-state index contributed by atoms with van der Waals surface area (Å²) in [6, 6.07) is 16.5. The molecule has 0 aliphatic heterocycles. The van der Waals surface area contributed by atoms with Crippen LogP contribution < -0.4 is 11.3 Å². The topological polar surface area (TPSA) is 77.4 Å². The minimum atomic E-state index is -4.56. The number of rotatable bonds is 4. The van der Waals surface area contributed by atoms with Gasteiger partial charge in [0.1, 0.15) is 5.84 Å². The molecule has 2 N–H and O–H groups in total. The number of amidine groups is 1. The van der Waals surface area contributed by atoms with E-state index in [1.807, 2.05) is 0 Å². The van der Waals surface area contributed by atoms with Gasteiger partial charge in [-0.3, -0.25) is 9.59 Å². The number of aliphatic imine (C=N–C) groups is 1. The first-order valence-electron chi connectivity index (χ1n) is 8.54. The van der Waals surface area contributed by atoms with Crippen LogP contribution in [0.4, 0.5) is 13.2 Å². The van der Waals surface area contributed by atoms with Crippen molar-refractivity contribution in [3.63, 3.8) is 0 Å². The number of nitrogens with zero attached hydrogens (tertiary/aromatic N) is 2. The normalized spacial score (nSPS) is 12.0. The van der Waals surface area contributed by atoms with E-state index in [1.54, 1.807) is 42.5 Å². The fraction of sp³-hybridized carbons (Fsp3) is 0.0952. The van der Waals surface area contributed by atoms with Crippen molar-refractivity contribution in [3.05, 3.63) is 106 Å².